The third kappa shape index (κ3) is 3.45. The fraction of sp³-hybridized carbons (Fsp3) is 0.643. The van der Waals surface area contributed by atoms with Gasteiger partial charge in [-0.15, -0.1) is 0 Å². The van der Waals surface area contributed by atoms with Crippen molar-refractivity contribution in [2.75, 3.05) is 25.9 Å². The van der Waals surface area contributed by atoms with Crippen molar-refractivity contribution in [1.82, 2.24) is 24.4 Å². The van der Waals surface area contributed by atoms with E-state index in [0.29, 0.717) is 11.3 Å². The molecule has 0 bridgehead atoms. The zero-order valence-electron chi connectivity index (χ0n) is 12.6. The largest absolute Gasteiger partial charge is 0.382 e. The predicted molar refractivity (Wildman–Crippen MR) is 81.3 cm³/mol. The Morgan fingerprint density at radius 2 is 2.15 bits per heavy atom. The van der Waals surface area contributed by atoms with E-state index in [-0.39, 0.29) is 0 Å². The highest BCUT2D eigenvalue weighted by molar-refractivity contribution is 5.80. The minimum Gasteiger partial charge on any atom is -0.382 e. The van der Waals surface area contributed by atoms with Crippen molar-refractivity contribution in [3.63, 3.8) is 0 Å². The molecule has 0 spiro atoms. The molecule has 0 saturated carbocycles. The molecule has 2 N–H and O–H groups in total. The molecule has 2 rings (SSSR count). The molecular formula is C14H24N6. The van der Waals surface area contributed by atoms with Crippen molar-refractivity contribution >= 4 is 17.0 Å². The second kappa shape index (κ2) is 6.65. The summed E-state index contributed by atoms with van der Waals surface area (Å²) < 4.78 is 2.05. The molecule has 110 valence electrons. The van der Waals surface area contributed by atoms with Crippen LogP contribution in [0.2, 0.25) is 0 Å². The van der Waals surface area contributed by atoms with Crippen molar-refractivity contribution in [2.24, 2.45) is 5.92 Å². The van der Waals surface area contributed by atoms with Crippen molar-refractivity contribution < 1.29 is 0 Å². The van der Waals surface area contributed by atoms with Gasteiger partial charge in [0.05, 0.1) is 6.33 Å². The number of hydrogen-bond acceptors (Lipinski definition) is 5. The van der Waals surface area contributed by atoms with Crippen molar-refractivity contribution in [1.29, 1.82) is 0 Å². The molecule has 0 aliphatic rings. The Morgan fingerprint density at radius 1 is 1.35 bits per heavy atom. The van der Waals surface area contributed by atoms with Gasteiger partial charge in [0.25, 0.3) is 0 Å². The highest BCUT2D eigenvalue weighted by Gasteiger charge is 2.08. The fourth-order valence-corrected chi connectivity index (χ4v) is 2.33. The molecule has 0 amide bonds. The molecule has 0 radical (unpaired) electrons. The molecule has 2 aromatic rings. The number of nitrogens with two attached hydrogens (primary N) is 1. The monoisotopic (exact) mass is 276 g/mol. The number of aryl methyl sites for hydroxylation is 1. The Morgan fingerprint density at radius 3 is 2.90 bits per heavy atom. The number of anilines is 1. The number of rotatable bonds is 7. The maximum Gasteiger partial charge on any atom is 0.165 e. The number of imidazole rings is 1. The third-order valence-electron chi connectivity index (χ3n) is 3.69. The summed E-state index contributed by atoms with van der Waals surface area (Å²) in [5, 5.41) is 0. The van der Waals surface area contributed by atoms with Crippen LogP contribution in [0.4, 0.5) is 5.82 Å². The summed E-state index contributed by atoms with van der Waals surface area (Å²) in [7, 11) is 2.18. The number of fused-ring (bicyclic) bond motifs is 1. The van der Waals surface area contributed by atoms with E-state index in [0.717, 1.165) is 37.6 Å². The van der Waals surface area contributed by atoms with E-state index in [1.165, 1.54) is 12.7 Å². The van der Waals surface area contributed by atoms with Gasteiger partial charge >= 0.3 is 0 Å². The fourth-order valence-electron chi connectivity index (χ4n) is 2.33. The highest BCUT2D eigenvalue weighted by Crippen LogP contribution is 2.14. The van der Waals surface area contributed by atoms with Gasteiger partial charge in [0.1, 0.15) is 11.8 Å². The zero-order chi connectivity index (χ0) is 14.5. The van der Waals surface area contributed by atoms with Crippen molar-refractivity contribution in [3.05, 3.63) is 12.7 Å². The molecule has 1 unspecified atom stereocenters. The van der Waals surface area contributed by atoms with Crippen LogP contribution in [0, 0.1) is 5.92 Å². The molecule has 0 saturated heterocycles. The first-order valence-corrected chi connectivity index (χ1v) is 7.21. The van der Waals surface area contributed by atoms with Gasteiger partial charge in [0, 0.05) is 13.1 Å². The van der Waals surface area contributed by atoms with Crippen LogP contribution in [0.1, 0.15) is 26.7 Å². The molecule has 0 fully saturated rings. The van der Waals surface area contributed by atoms with Crippen LogP contribution in [-0.2, 0) is 6.54 Å². The predicted octanol–water partition coefficient (Wildman–Crippen LogP) is 1.78. The molecule has 0 aromatic carbocycles. The first kappa shape index (κ1) is 14.7. The second-order valence-electron chi connectivity index (χ2n) is 5.50. The van der Waals surface area contributed by atoms with E-state index in [2.05, 4.69) is 40.7 Å². The Balaban J connectivity index is 1.89. The van der Waals surface area contributed by atoms with Crippen LogP contribution in [0.25, 0.3) is 11.2 Å². The van der Waals surface area contributed by atoms with Gasteiger partial charge in [-0.25, -0.2) is 15.0 Å². The lowest BCUT2D eigenvalue weighted by molar-refractivity contribution is 0.274. The van der Waals surface area contributed by atoms with Crippen LogP contribution in [-0.4, -0.2) is 44.6 Å². The first-order chi connectivity index (χ1) is 9.61. The second-order valence-corrected chi connectivity index (χ2v) is 5.50. The SMILES string of the molecule is CCC(C)CN(C)CCCn1cnc2c(N)ncnc21. The normalized spacial score (nSPS) is 13.2. The standard InChI is InChI=1S/C14H24N6/c1-4-11(2)8-19(3)6-5-7-20-10-18-12-13(15)16-9-17-14(12)20/h9-11H,4-8H2,1-3H3,(H2,15,16,17). The number of hydrogen-bond donors (Lipinski definition) is 1. The van der Waals surface area contributed by atoms with Crippen LogP contribution in [0.15, 0.2) is 12.7 Å². The first-order valence-electron chi connectivity index (χ1n) is 7.21. The summed E-state index contributed by atoms with van der Waals surface area (Å²) >= 11 is 0. The average Bonchev–Trinajstić information content (AvgIpc) is 2.83. The minimum absolute atomic E-state index is 0.447. The maximum atomic E-state index is 5.78. The van der Waals surface area contributed by atoms with E-state index < -0.39 is 0 Å². The van der Waals surface area contributed by atoms with E-state index in [1.807, 2.05) is 4.57 Å². The molecule has 2 heterocycles. The molecule has 0 aliphatic carbocycles. The lowest BCUT2D eigenvalue weighted by atomic mass is 10.1. The average molecular weight is 276 g/mol. The van der Waals surface area contributed by atoms with Gasteiger partial charge < -0.3 is 15.2 Å². The molecule has 2 aromatic heterocycles. The maximum absolute atomic E-state index is 5.78. The quantitative estimate of drug-likeness (QED) is 0.834. The molecule has 6 nitrogen and oxygen atoms in total. The lowest BCUT2D eigenvalue weighted by Gasteiger charge is -2.20. The number of aromatic nitrogens is 4. The van der Waals surface area contributed by atoms with E-state index in [4.69, 9.17) is 5.73 Å². The smallest absolute Gasteiger partial charge is 0.165 e. The van der Waals surface area contributed by atoms with Gasteiger partial charge in [0.15, 0.2) is 11.5 Å². The van der Waals surface area contributed by atoms with E-state index >= 15 is 0 Å². The number of nitrogen functional groups attached to an aromatic ring is 1. The molecule has 1 atom stereocenters. The topological polar surface area (TPSA) is 72.9 Å². The van der Waals surface area contributed by atoms with Gasteiger partial charge in [-0.3, -0.25) is 0 Å². The van der Waals surface area contributed by atoms with Crippen molar-refractivity contribution in [2.45, 2.75) is 33.2 Å². The Bertz CT molecular complexity index is 550. The minimum atomic E-state index is 0.447. The summed E-state index contributed by atoms with van der Waals surface area (Å²) in [5.74, 6) is 1.20. The molecular weight excluding hydrogens is 252 g/mol. The molecule has 20 heavy (non-hydrogen) atoms. The van der Waals surface area contributed by atoms with Gasteiger partial charge in [0.2, 0.25) is 0 Å². The van der Waals surface area contributed by atoms with Crippen LogP contribution in [0.5, 0.6) is 0 Å². The Labute approximate surface area is 120 Å². The van der Waals surface area contributed by atoms with Crippen LogP contribution in [0.3, 0.4) is 0 Å². The summed E-state index contributed by atoms with van der Waals surface area (Å²) in [4.78, 5) is 14.9. The van der Waals surface area contributed by atoms with Crippen LogP contribution >= 0.6 is 0 Å². The third-order valence-corrected chi connectivity index (χ3v) is 3.69. The van der Waals surface area contributed by atoms with E-state index in [1.54, 1.807) is 6.33 Å². The molecule has 6 heteroatoms. The number of nitrogens with zero attached hydrogens (tertiary/aromatic N) is 5. The molecule has 0 aliphatic heterocycles. The lowest BCUT2D eigenvalue weighted by Crippen LogP contribution is -2.26. The van der Waals surface area contributed by atoms with Gasteiger partial charge in [-0.1, -0.05) is 20.3 Å². The van der Waals surface area contributed by atoms with E-state index in [9.17, 15) is 0 Å². The van der Waals surface area contributed by atoms with Gasteiger partial charge in [-0.05, 0) is 25.9 Å². The Hall–Kier alpha value is -1.69. The summed E-state index contributed by atoms with van der Waals surface area (Å²) in [6.45, 7) is 7.65. The zero-order valence-corrected chi connectivity index (χ0v) is 12.6. The summed E-state index contributed by atoms with van der Waals surface area (Å²) in [5.41, 5.74) is 7.30. The van der Waals surface area contributed by atoms with Crippen molar-refractivity contribution in [3.8, 4) is 0 Å². The van der Waals surface area contributed by atoms with Gasteiger partial charge in [-0.2, -0.15) is 0 Å². The highest BCUT2D eigenvalue weighted by atomic mass is 15.1. The van der Waals surface area contributed by atoms with Crippen LogP contribution < -0.4 is 5.73 Å². The summed E-state index contributed by atoms with van der Waals surface area (Å²) in [6, 6.07) is 0. The Kier molecular flexibility index (Phi) is 4.89. The summed E-state index contributed by atoms with van der Waals surface area (Å²) in [6.07, 6.45) is 5.59.